The standard InChI is InChI=1S/C16H15ClN8O/c1-3-13(26)19-10-5-4-6-11(7-10)20-15-14(17)23-24-16(22-15)21-12-8-18-25(2)9-12/h3-9H,1H2,2H3,(H,19,26)(H2,20,21,22,24). The third kappa shape index (κ3) is 4.33. The fourth-order valence-electron chi connectivity index (χ4n) is 2.07. The molecule has 0 saturated heterocycles. The van der Waals surface area contributed by atoms with Gasteiger partial charge < -0.3 is 16.0 Å². The van der Waals surface area contributed by atoms with Crippen LogP contribution in [0.4, 0.5) is 28.8 Å². The summed E-state index contributed by atoms with van der Waals surface area (Å²) < 4.78 is 1.65. The van der Waals surface area contributed by atoms with Gasteiger partial charge in [-0.15, -0.1) is 10.2 Å². The van der Waals surface area contributed by atoms with E-state index in [1.54, 1.807) is 48.4 Å². The van der Waals surface area contributed by atoms with E-state index in [0.29, 0.717) is 17.2 Å². The lowest BCUT2D eigenvalue weighted by atomic mass is 10.2. The van der Waals surface area contributed by atoms with Crippen molar-refractivity contribution in [3.63, 3.8) is 0 Å². The van der Waals surface area contributed by atoms with E-state index in [9.17, 15) is 4.79 Å². The summed E-state index contributed by atoms with van der Waals surface area (Å²) in [6.07, 6.45) is 4.61. The molecule has 0 atom stereocenters. The molecule has 2 aromatic heterocycles. The van der Waals surface area contributed by atoms with Crippen LogP contribution in [0.5, 0.6) is 0 Å². The molecule has 2 heterocycles. The van der Waals surface area contributed by atoms with Gasteiger partial charge in [0.25, 0.3) is 0 Å². The van der Waals surface area contributed by atoms with E-state index >= 15 is 0 Å². The Morgan fingerprint density at radius 3 is 2.77 bits per heavy atom. The van der Waals surface area contributed by atoms with Gasteiger partial charge in [-0.1, -0.05) is 24.2 Å². The highest BCUT2D eigenvalue weighted by molar-refractivity contribution is 6.31. The molecule has 0 saturated carbocycles. The maximum absolute atomic E-state index is 11.4. The first-order valence-electron chi connectivity index (χ1n) is 7.50. The fraction of sp³-hybridized carbons (Fsp3) is 0.0625. The molecule has 0 radical (unpaired) electrons. The first-order chi connectivity index (χ1) is 12.5. The van der Waals surface area contributed by atoms with E-state index in [-0.39, 0.29) is 17.0 Å². The molecule has 3 rings (SSSR count). The Morgan fingerprint density at radius 2 is 2.04 bits per heavy atom. The van der Waals surface area contributed by atoms with Gasteiger partial charge >= 0.3 is 0 Å². The van der Waals surface area contributed by atoms with Crippen LogP contribution in [0.1, 0.15) is 0 Å². The number of hydrogen-bond acceptors (Lipinski definition) is 7. The molecule has 0 spiro atoms. The number of aryl methyl sites for hydroxylation is 1. The lowest BCUT2D eigenvalue weighted by Gasteiger charge is -2.10. The number of nitrogens with zero attached hydrogens (tertiary/aromatic N) is 5. The summed E-state index contributed by atoms with van der Waals surface area (Å²) in [7, 11) is 1.80. The number of aromatic nitrogens is 5. The van der Waals surface area contributed by atoms with Gasteiger partial charge in [0.1, 0.15) is 0 Å². The van der Waals surface area contributed by atoms with Crippen molar-refractivity contribution < 1.29 is 4.79 Å². The van der Waals surface area contributed by atoms with Gasteiger partial charge in [0.05, 0.1) is 11.9 Å². The average molecular weight is 371 g/mol. The van der Waals surface area contributed by atoms with E-state index in [4.69, 9.17) is 11.6 Å². The van der Waals surface area contributed by atoms with E-state index in [1.165, 1.54) is 6.08 Å². The van der Waals surface area contributed by atoms with Crippen molar-refractivity contribution in [2.45, 2.75) is 0 Å². The van der Waals surface area contributed by atoms with Crippen LogP contribution in [0.3, 0.4) is 0 Å². The second-order valence-corrected chi connectivity index (χ2v) is 5.56. The van der Waals surface area contributed by atoms with E-state index in [2.05, 4.69) is 42.8 Å². The fourth-order valence-corrected chi connectivity index (χ4v) is 2.19. The quantitative estimate of drug-likeness (QED) is 0.572. The summed E-state index contributed by atoms with van der Waals surface area (Å²) in [5.41, 5.74) is 1.99. The third-order valence-corrected chi connectivity index (χ3v) is 3.44. The highest BCUT2D eigenvalue weighted by Gasteiger charge is 2.09. The number of hydrogen-bond donors (Lipinski definition) is 3. The van der Waals surface area contributed by atoms with Crippen LogP contribution in [0.25, 0.3) is 0 Å². The van der Waals surface area contributed by atoms with Crippen molar-refractivity contribution in [3.8, 4) is 0 Å². The molecule has 0 fully saturated rings. The lowest BCUT2D eigenvalue weighted by molar-refractivity contribution is -0.111. The van der Waals surface area contributed by atoms with Gasteiger partial charge in [-0.05, 0) is 24.3 Å². The Balaban J connectivity index is 1.78. The Morgan fingerprint density at radius 1 is 1.23 bits per heavy atom. The van der Waals surface area contributed by atoms with Gasteiger partial charge in [0.2, 0.25) is 11.9 Å². The minimum absolute atomic E-state index is 0.113. The molecule has 1 amide bonds. The number of rotatable bonds is 6. The summed E-state index contributed by atoms with van der Waals surface area (Å²) in [6, 6.07) is 7.06. The molecule has 0 unspecified atom stereocenters. The lowest BCUT2D eigenvalue weighted by Crippen LogP contribution is -2.07. The van der Waals surface area contributed by atoms with Crippen LogP contribution in [0.15, 0.2) is 49.3 Å². The minimum Gasteiger partial charge on any atom is -0.337 e. The van der Waals surface area contributed by atoms with Crippen LogP contribution in [0, 0.1) is 0 Å². The maximum atomic E-state index is 11.4. The second-order valence-electron chi connectivity index (χ2n) is 5.20. The zero-order valence-corrected chi connectivity index (χ0v) is 14.5. The first kappa shape index (κ1) is 17.4. The number of benzene rings is 1. The van der Waals surface area contributed by atoms with Gasteiger partial charge in [-0.25, -0.2) is 0 Å². The van der Waals surface area contributed by atoms with Gasteiger partial charge in [0.15, 0.2) is 11.0 Å². The molecule has 0 bridgehead atoms. The SMILES string of the molecule is C=CC(=O)Nc1cccc(Nc2nc(Nc3cnn(C)c3)nnc2Cl)c1. The normalized spacial score (nSPS) is 10.2. The van der Waals surface area contributed by atoms with Gasteiger partial charge in [-0.2, -0.15) is 10.1 Å². The van der Waals surface area contributed by atoms with Crippen LogP contribution in [0.2, 0.25) is 5.15 Å². The Bertz CT molecular complexity index is 955. The molecule has 26 heavy (non-hydrogen) atoms. The molecule has 3 aromatic rings. The predicted octanol–water partition coefficient (Wildman–Crippen LogP) is 2.87. The molecular weight excluding hydrogens is 356 g/mol. The summed E-state index contributed by atoms with van der Waals surface area (Å²) >= 11 is 6.07. The monoisotopic (exact) mass is 370 g/mol. The third-order valence-electron chi connectivity index (χ3n) is 3.18. The topological polar surface area (TPSA) is 110 Å². The van der Waals surface area contributed by atoms with Crippen LogP contribution in [-0.4, -0.2) is 30.9 Å². The maximum Gasteiger partial charge on any atom is 0.249 e. The predicted molar refractivity (Wildman–Crippen MR) is 99.9 cm³/mol. The largest absolute Gasteiger partial charge is 0.337 e. The zero-order valence-electron chi connectivity index (χ0n) is 13.8. The summed E-state index contributed by atoms with van der Waals surface area (Å²) in [6.45, 7) is 3.42. The number of carbonyl (C=O) groups is 1. The van der Waals surface area contributed by atoms with Crippen LogP contribution in [-0.2, 0) is 11.8 Å². The molecule has 10 heteroatoms. The molecule has 132 valence electrons. The van der Waals surface area contributed by atoms with Crippen LogP contribution >= 0.6 is 11.6 Å². The van der Waals surface area contributed by atoms with Crippen molar-refractivity contribution in [2.24, 2.45) is 7.05 Å². The molecular formula is C16H15ClN8O. The molecule has 1 aromatic carbocycles. The van der Waals surface area contributed by atoms with E-state index in [1.807, 2.05) is 0 Å². The van der Waals surface area contributed by atoms with Crippen molar-refractivity contribution in [1.82, 2.24) is 25.0 Å². The smallest absolute Gasteiger partial charge is 0.249 e. The number of anilines is 5. The zero-order chi connectivity index (χ0) is 18.5. The van der Waals surface area contributed by atoms with Crippen molar-refractivity contribution >= 4 is 46.3 Å². The number of nitrogens with one attached hydrogen (secondary N) is 3. The molecule has 0 aliphatic heterocycles. The van der Waals surface area contributed by atoms with E-state index < -0.39 is 0 Å². The minimum atomic E-state index is -0.299. The molecule has 0 aliphatic rings. The molecule has 3 N–H and O–H groups in total. The molecule has 0 aliphatic carbocycles. The average Bonchev–Trinajstić information content (AvgIpc) is 3.03. The number of amides is 1. The van der Waals surface area contributed by atoms with Crippen molar-refractivity contribution in [1.29, 1.82) is 0 Å². The first-order valence-corrected chi connectivity index (χ1v) is 7.87. The summed E-state index contributed by atoms with van der Waals surface area (Å²) in [5.74, 6) is 0.285. The molecule has 9 nitrogen and oxygen atoms in total. The van der Waals surface area contributed by atoms with E-state index in [0.717, 1.165) is 5.69 Å². The summed E-state index contributed by atoms with van der Waals surface area (Å²) in [5, 5.41) is 20.7. The number of halogens is 1. The Labute approximate surface area is 154 Å². The summed E-state index contributed by atoms with van der Waals surface area (Å²) in [4.78, 5) is 15.7. The highest BCUT2D eigenvalue weighted by Crippen LogP contribution is 2.24. The Kier molecular flexibility index (Phi) is 5.09. The van der Waals surface area contributed by atoms with Gasteiger partial charge in [0, 0.05) is 24.6 Å². The van der Waals surface area contributed by atoms with Crippen molar-refractivity contribution in [2.75, 3.05) is 16.0 Å². The number of carbonyl (C=O) groups excluding carboxylic acids is 1. The Hall–Kier alpha value is -3.46. The second kappa shape index (κ2) is 7.62. The van der Waals surface area contributed by atoms with Gasteiger partial charge in [-0.3, -0.25) is 9.48 Å². The van der Waals surface area contributed by atoms with Crippen LogP contribution < -0.4 is 16.0 Å². The van der Waals surface area contributed by atoms with Crippen molar-refractivity contribution in [3.05, 3.63) is 54.5 Å². The highest BCUT2D eigenvalue weighted by atomic mass is 35.5.